The standard InChI is InChI=1S/C16H18FNO/c1-12-10-14(17)8-9-16(12)19-11-15(18-2)13-6-4-3-5-7-13/h3-10,15,18H,11H2,1-2H3. The first-order valence-corrected chi connectivity index (χ1v) is 6.32. The summed E-state index contributed by atoms with van der Waals surface area (Å²) in [6.07, 6.45) is 0. The molecule has 0 saturated carbocycles. The van der Waals surface area contributed by atoms with Gasteiger partial charge < -0.3 is 10.1 Å². The number of rotatable bonds is 5. The molecule has 0 aromatic heterocycles. The van der Waals surface area contributed by atoms with Crippen LogP contribution in [-0.4, -0.2) is 13.7 Å². The summed E-state index contributed by atoms with van der Waals surface area (Å²) in [5.41, 5.74) is 1.98. The van der Waals surface area contributed by atoms with E-state index in [1.807, 2.05) is 32.2 Å². The molecule has 2 nitrogen and oxygen atoms in total. The third-order valence-electron chi connectivity index (χ3n) is 3.09. The average molecular weight is 259 g/mol. The summed E-state index contributed by atoms with van der Waals surface area (Å²) in [4.78, 5) is 0. The van der Waals surface area contributed by atoms with Gasteiger partial charge in [0.05, 0.1) is 6.04 Å². The van der Waals surface area contributed by atoms with Crippen molar-refractivity contribution in [1.29, 1.82) is 0 Å². The van der Waals surface area contributed by atoms with Crippen LogP contribution in [0.15, 0.2) is 48.5 Å². The van der Waals surface area contributed by atoms with Gasteiger partial charge in [0, 0.05) is 0 Å². The van der Waals surface area contributed by atoms with Crippen molar-refractivity contribution in [2.45, 2.75) is 13.0 Å². The molecule has 1 N–H and O–H groups in total. The van der Waals surface area contributed by atoms with E-state index in [4.69, 9.17) is 4.74 Å². The number of benzene rings is 2. The summed E-state index contributed by atoms with van der Waals surface area (Å²) < 4.78 is 18.8. The summed E-state index contributed by atoms with van der Waals surface area (Å²) in [5.74, 6) is 0.482. The van der Waals surface area contributed by atoms with Crippen molar-refractivity contribution in [1.82, 2.24) is 5.32 Å². The van der Waals surface area contributed by atoms with Gasteiger partial charge in [0.2, 0.25) is 0 Å². The quantitative estimate of drug-likeness (QED) is 0.887. The van der Waals surface area contributed by atoms with Gasteiger partial charge in [0.15, 0.2) is 0 Å². The molecule has 0 bridgehead atoms. The zero-order valence-electron chi connectivity index (χ0n) is 11.2. The van der Waals surface area contributed by atoms with Crippen LogP contribution in [0.25, 0.3) is 0 Å². The van der Waals surface area contributed by atoms with E-state index in [0.29, 0.717) is 6.61 Å². The monoisotopic (exact) mass is 259 g/mol. The molecule has 100 valence electrons. The van der Waals surface area contributed by atoms with Crippen LogP contribution in [0.2, 0.25) is 0 Å². The largest absolute Gasteiger partial charge is 0.491 e. The highest BCUT2D eigenvalue weighted by Crippen LogP contribution is 2.20. The molecule has 1 unspecified atom stereocenters. The number of hydrogen-bond acceptors (Lipinski definition) is 2. The van der Waals surface area contributed by atoms with E-state index >= 15 is 0 Å². The lowest BCUT2D eigenvalue weighted by Gasteiger charge is -2.18. The highest BCUT2D eigenvalue weighted by molar-refractivity contribution is 5.32. The van der Waals surface area contributed by atoms with Crippen molar-refractivity contribution in [3.05, 3.63) is 65.5 Å². The molecule has 19 heavy (non-hydrogen) atoms. The van der Waals surface area contributed by atoms with E-state index in [0.717, 1.165) is 11.3 Å². The third-order valence-corrected chi connectivity index (χ3v) is 3.09. The smallest absolute Gasteiger partial charge is 0.123 e. The van der Waals surface area contributed by atoms with Gasteiger partial charge in [-0.3, -0.25) is 0 Å². The van der Waals surface area contributed by atoms with E-state index in [9.17, 15) is 4.39 Å². The maximum atomic E-state index is 13.0. The van der Waals surface area contributed by atoms with Crippen LogP contribution in [0.4, 0.5) is 4.39 Å². The topological polar surface area (TPSA) is 21.3 Å². The zero-order valence-corrected chi connectivity index (χ0v) is 11.2. The molecule has 2 aromatic carbocycles. The normalized spacial score (nSPS) is 12.2. The summed E-state index contributed by atoms with van der Waals surface area (Å²) in [5, 5.41) is 3.22. The number of ether oxygens (including phenoxy) is 1. The third kappa shape index (κ3) is 3.55. The predicted molar refractivity (Wildman–Crippen MR) is 74.9 cm³/mol. The first-order valence-electron chi connectivity index (χ1n) is 6.32. The molecule has 0 fully saturated rings. The van der Waals surface area contributed by atoms with Crippen LogP contribution in [0.3, 0.4) is 0 Å². The molecular formula is C16H18FNO. The maximum absolute atomic E-state index is 13.0. The minimum Gasteiger partial charge on any atom is -0.491 e. The lowest BCUT2D eigenvalue weighted by Crippen LogP contribution is -2.23. The van der Waals surface area contributed by atoms with Crippen molar-refractivity contribution in [3.8, 4) is 5.75 Å². The average Bonchev–Trinajstić information content (AvgIpc) is 2.43. The molecule has 0 aliphatic rings. The number of hydrogen-bond donors (Lipinski definition) is 1. The molecule has 0 aliphatic heterocycles. The zero-order chi connectivity index (χ0) is 13.7. The van der Waals surface area contributed by atoms with Gasteiger partial charge in [-0.15, -0.1) is 0 Å². The van der Waals surface area contributed by atoms with Gasteiger partial charge >= 0.3 is 0 Å². The molecule has 0 amide bonds. The number of likely N-dealkylation sites (N-methyl/N-ethyl adjacent to an activating group) is 1. The van der Waals surface area contributed by atoms with Crippen LogP contribution >= 0.6 is 0 Å². The Labute approximate surface area is 113 Å². The van der Waals surface area contributed by atoms with Gasteiger partial charge in [-0.2, -0.15) is 0 Å². The van der Waals surface area contributed by atoms with Gasteiger partial charge in [-0.25, -0.2) is 4.39 Å². The molecule has 1 atom stereocenters. The summed E-state index contributed by atoms with van der Waals surface area (Å²) in [6, 6.07) is 14.8. The van der Waals surface area contributed by atoms with Gasteiger partial charge in [0.25, 0.3) is 0 Å². The first kappa shape index (κ1) is 13.6. The summed E-state index contributed by atoms with van der Waals surface area (Å²) in [6.45, 7) is 2.35. The second kappa shape index (κ2) is 6.34. The van der Waals surface area contributed by atoms with Gasteiger partial charge in [-0.05, 0) is 43.3 Å². The molecule has 0 heterocycles. The van der Waals surface area contributed by atoms with Crippen LogP contribution in [-0.2, 0) is 0 Å². The molecule has 0 spiro atoms. The minimum absolute atomic E-state index is 0.116. The van der Waals surface area contributed by atoms with Crippen LogP contribution in [0.1, 0.15) is 17.2 Å². The Bertz CT molecular complexity index is 528. The highest BCUT2D eigenvalue weighted by Gasteiger charge is 2.10. The van der Waals surface area contributed by atoms with E-state index < -0.39 is 0 Å². The molecule has 0 aliphatic carbocycles. The fourth-order valence-corrected chi connectivity index (χ4v) is 1.98. The van der Waals surface area contributed by atoms with E-state index in [2.05, 4.69) is 17.4 Å². The fraction of sp³-hybridized carbons (Fsp3) is 0.250. The van der Waals surface area contributed by atoms with Gasteiger partial charge in [-0.1, -0.05) is 30.3 Å². The van der Waals surface area contributed by atoms with Crippen molar-refractivity contribution in [3.63, 3.8) is 0 Å². The second-order valence-electron chi connectivity index (χ2n) is 4.47. The number of halogens is 1. The molecule has 0 radical (unpaired) electrons. The van der Waals surface area contributed by atoms with E-state index in [-0.39, 0.29) is 11.9 Å². The SMILES string of the molecule is CNC(COc1ccc(F)cc1C)c1ccccc1. The molecule has 2 rings (SSSR count). The Morgan fingerprint density at radius 3 is 2.53 bits per heavy atom. The Hall–Kier alpha value is -1.87. The second-order valence-corrected chi connectivity index (χ2v) is 4.47. The van der Waals surface area contributed by atoms with Crippen LogP contribution in [0.5, 0.6) is 5.75 Å². The maximum Gasteiger partial charge on any atom is 0.123 e. The van der Waals surface area contributed by atoms with Crippen molar-refractivity contribution in [2.75, 3.05) is 13.7 Å². The van der Waals surface area contributed by atoms with E-state index in [1.165, 1.54) is 17.7 Å². The molecule has 2 aromatic rings. The summed E-state index contributed by atoms with van der Waals surface area (Å²) in [7, 11) is 1.90. The van der Waals surface area contributed by atoms with Gasteiger partial charge in [0.1, 0.15) is 18.2 Å². The predicted octanol–water partition coefficient (Wildman–Crippen LogP) is 3.47. The Kier molecular flexibility index (Phi) is 4.53. The summed E-state index contributed by atoms with van der Waals surface area (Å²) >= 11 is 0. The number of aryl methyl sites for hydroxylation is 1. The fourth-order valence-electron chi connectivity index (χ4n) is 1.98. The lowest BCUT2D eigenvalue weighted by molar-refractivity contribution is 0.271. The van der Waals surface area contributed by atoms with Crippen molar-refractivity contribution < 1.29 is 9.13 Å². The number of nitrogens with one attached hydrogen (secondary N) is 1. The Balaban J connectivity index is 2.04. The van der Waals surface area contributed by atoms with Crippen molar-refractivity contribution >= 4 is 0 Å². The van der Waals surface area contributed by atoms with Crippen LogP contribution in [0, 0.1) is 12.7 Å². The Morgan fingerprint density at radius 1 is 1.16 bits per heavy atom. The first-order chi connectivity index (χ1) is 9.20. The lowest BCUT2D eigenvalue weighted by atomic mass is 10.1. The van der Waals surface area contributed by atoms with Crippen LogP contribution < -0.4 is 10.1 Å². The van der Waals surface area contributed by atoms with Crippen molar-refractivity contribution in [2.24, 2.45) is 0 Å². The highest BCUT2D eigenvalue weighted by atomic mass is 19.1. The minimum atomic E-state index is -0.238. The Morgan fingerprint density at radius 2 is 1.89 bits per heavy atom. The molecule has 0 saturated heterocycles. The molecule has 3 heteroatoms. The van der Waals surface area contributed by atoms with E-state index in [1.54, 1.807) is 6.07 Å². The molecular weight excluding hydrogens is 241 g/mol.